The Morgan fingerprint density at radius 3 is 2.54 bits per heavy atom. The Labute approximate surface area is 149 Å². The zero-order valence-corrected chi connectivity index (χ0v) is 16.3. The molecule has 0 aliphatic carbocycles. The molecular weight excluding hydrogens is 352 g/mol. The number of aryl methyl sites for hydroxylation is 1. The summed E-state index contributed by atoms with van der Waals surface area (Å²) in [6, 6.07) is 3.27. The van der Waals surface area contributed by atoms with Crippen LogP contribution in [0, 0.1) is 6.92 Å². The highest BCUT2D eigenvalue weighted by molar-refractivity contribution is 7.92. The van der Waals surface area contributed by atoms with Crippen LogP contribution in [0.1, 0.15) is 32.3 Å². The fourth-order valence-corrected chi connectivity index (χ4v) is 3.20. The zero-order valence-electron chi connectivity index (χ0n) is 14.7. The van der Waals surface area contributed by atoms with E-state index in [-0.39, 0.29) is 24.9 Å². The molecule has 1 N–H and O–H groups in total. The van der Waals surface area contributed by atoms with Gasteiger partial charge in [0, 0.05) is 30.1 Å². The highest BCUT2D eigenvalue weighted by Gasteiger charge is 2.23. The van der Waals surface area contributed by atoms with Crippen LogP contribution in [0.25, 0.3) is 0 Å². The van der Waals surface area contributed by atoms with Crippen LogP contribution in [0.3, 0.4) is 0 Å². The first kappa shape index (κ1) is 20.6. The Morgan fingerprint density at radius 2 is 2.04 bits per heavy atom. The van der Waals surface area contributed by atoms with Gasteiger partial charge in [0.25, 0.3) is 0 Å². The quantitative estimate of drug-likeness (QED) is 0.756. The minimum atomic E-state index is -3.58. The largest absolute Gasteiger partial charge is 0.494 e. The van der Waals surface area contributed by atoms with Crippen LogP contribution in [0.15, 0.2) is 12.1 Å². The number of benzene rings is 1. The zero-order chi connectivity index (χ0) is 18.5. The molecule has 0 heterocycles. The van der Waals surface area contributed by atoms with E-state index in [1.165, 1.54) is 11.4 Å². The highest BCUT2D eigenvalue weighted by Crippen LogP contribution is 2.35. The molecule has 0 radical (unpaired) electrons. The molecule has 8 heteroatoms. The second kappa shape index (κ2) is 8.58. The Balaban J connectivity index is 3.08. The molecule has 0 saturated carbocycles. The maximum Gasteiger partial charge on any atom is 0.232 e. The van der Waals surface area contributed by atoms with Crippen LogP contribution in [-0.4, -0.2) is 40.3 Å². The number of sulfonamides is 1. The summed E-state index contributed by atoms with van der Waals surface area (Å²) in [6.07, 6.45) is 1.97. The lowest BCUT2D eigenvalue weighted by molar-refractivity contribution is -0.121. The van der Waals surface area contributed by atoms with Crippen LogP contribution >= 0.6 is 11.6 Å². The average molecular weight is 377 g/mol. The van der Waals surface area contributed by atoms with Gasteiger partial charge < -0.3 is 10.1 Å². The molecule has 0 spiro atoms. The van der Waals surface area contributed by atoms with E-state index in [0.29, 0.717) is 16.5 Å². The van der Waals surface area contributed by atoms with Crippen LogP contribution in [0.5, 0.6) is 5.75 Å². The lowest BCUT2D eigenvalue weighted by Crippen LogP contribution is -2.37. The van der Waals surface area contributed by atoms with Crippen molar-refractivity contribution in [3.05, 3.63) is 22.7 Å². The van der Waals surface area contributed by atoms with Crippen molar-refractivity contribution in [1.29, 1.82) is 0 Å². The van der Waals surface area contributed by atoms with Gasteiger partial charge in [-0.1, -0.05) is 18.5 Å². The Morgan fingerprint density at radius 1 is 1.42 bits per heavy atom. The maximum absolute atomic E-state index is 12.2. The van der Waals surface area contributed by atoms with E-state index >= 15 is 0 Å². The number of amides is 1. The molecule has 0 aromatic heterocycles. The van der Waals surface area contributed by atoms with Crippen molar-refractivity contribution < 1.29 is 17.9 Å². The van der Waals surface area contributed by atoms with Gasteiger partial charge in [-0.25, -0.2) is 8.42 Å². The van der Waals surface area contributed by atoms with Gasteiger partial charge in [0.05, 0.1) is 19.1 Å². The van der Waals surface area contributed by atoms with E-state index in [1.807, 2.05) is 13.8 Å². The van der Waals surface area contributed by atoms with Crippen LogP contribution < -0.4 is 14.4 Å². The monoisotopic (exact) mass is 376 g/mol. The van der Waals surface area contributed by atoms with Gasteiger partial charge in [-0.2, -0.15) is 0 Å². The van der Waals surface area contributed by atoms with Gasteiger partial charge in [0.15, 0.2) is 0 Å². The van der Waals surface area contributed by atoms with E-state index in [9.17, 15) is 13.2 Å². The Bertz CT molecular complexity index is 692. The maximum atomic E-state index is 12.2. The molecular formula is C16H25ClN2O4S. The highest BCUT2D eigenvalue weighted by atomic mass is 35.5. The summed E-state index contributed by atoms with van der Waals surface area (Å²) in [5.41, 5.74) is 1.10. The van der Waals surface area contributed by atoms with Crippen molar-refractivity contribution in [1.82, 2.24) is 5.32 Å². The molecule has 1 aromatic rings. The lowest BCUT2D eigenvalue weighted by Gasteiger charge is -2.25. The minimum Gasteiger partial charge on any atom is -0.494 e. The van der Waals surface area contributed by atoms with Crippen LogP contribution in [-0.2, 0) is 14.8 Å². The molecule has 0 bridgehead atoms. The number of methoxy groups -OCH3 is 1. The molecule has 0 aliphatic heterocycles. The third-order valence-corrected chi connectivity index (χ3v) is 5.28. The third-order valence-electron chi connectivity index (χ3n) is 3.69. The number of carbonyl (C=O) groups excluding carboxylic acids is 1. The molecule has 0 fully saturated rings. The summed E-state index contributed by atoms with van der Waals surface area (Å²) in [6.45, 7) is 5.67. The lowest BCUT2D eigenvalue weighted by atomic mass is 10.2. The number of nitrogens with zero attached hydrogens (tertiary/aromatic N) is 1. The topological polar surface area (TPSA) is 75.7 Å². The summed E-state index contributed by atoms with van der Waals surface area (Å²) in [4.78, 5) is 12.0. The van der Waals surface area contributed by atoms with Gasteiger partial charge >= 0.3 is 0 Å². The SMILES string of the molecule is CCC(C)NC(=O)CCN(c1cc(C)c(Cl)cc1OC)S(C)(=O)=O. The minimum absolute atomic E-state index is 0.0263. The fourth-order valence-electron chi connectivity index (χ4n) is 2.12. The standard InChI is InChI=1S/C16H25ClN2O4S/c1-6-12(3)18-16(20)7-8-19(24(5,21)22)14-9-11(2)13(17)10-15(14)23-4/h9-10,12H,6-8H2,1-5H3,(H,18,20). The first-order valence-corrected chi connectivity index (χ1v) is 9.94. The van der Waals surface area contributed by atoms with Crippen molar-refractivity contribution in [3.8, 4) is 5.75 Å². The first-order valence-electron chi connectivity index (χ1n) is 7.71. The molecule has 1 aromatic carbocycles. The smallest absolute Gasteiger partial charge is 0.232 e. The van der Waals surface area contributed by atoms with Crippen molar-refractivity contribution in [2.75, 3.05) is 24.2 Å². The Hall–Kier alpha value is -1.47. The average Bonchev–Trinajstić information content (AvgIpc) is 2.48. The van der Waals surface area contributed by atoms with Gasteiger partial charge in [0.1, 0.15) is 5.75 Å². The van der Waals surface area contributed by atoms with E-state index in [1.54, 1.807) is 19.1 Å². The normalized spacial score (nSPS) is 12.6. The van der Waals surface area contributed by atoms with Gasteiger partial charge in [-0.3, -0.25) is 9.10 Å². The second-order valence-electron chi connectivity index (χ2n) is 5.74. The van der Waals surface area contributed by atoms with Crippen molar-refractivity contribution in [3.63, 3.8) is 0 Å². The molecule has 1 unspecified atom stereocenters. The number of rotatable bonds is 8. The van der Waals surface area contributed by atoms with Crippen molar-refractivity contribution in [2.45, 2.75) is 39.7 Å². The fraction of sp³-hybridized carbons (Fsp3) is 0.562. The summed E-state index contributed by atoms with van der Waals surface area (Å²) >= 11 is 6.07. The summed E-state index contributed by atoms with van der Waals surface area (Å²) in [7, 11) is -2.13. The molecule has 6 nitrogen and oxygen atoms in total. The molecule has 0 aliphatic rings. The van der Waals surface area contributed by atoms with Crippen LogP contribution in [0.2, 0.25) is 5.02 Å². The van der Waals surface area contributed by atoms with Gasteiger partial charge in [-0.05, 0) is 31.9 Å². The predicted molar refractivity (Wildman–Crippen MR) is 97.4 cm³/mol. The van der Waals surface area contributed by atoms with Gasteiger partial charge in [-0.15, -0.1) is 0 Å². The second-order valence-corrected chi connectivity index (χ2v) is 8.05. The summed E-state index contributed by atoms with van der Waals surface area (Å²) in [5.74, 6) is 0.154. The molecule has 24 heavy (non-hydrogen) atoms. The first-order chi connectivity index (χ1) is 11.1. The van der Waals surface area contributed by atoms with Crippen molar-refractivity contribution in [2.24, 2.45) is 0 Å². The molecule has 1 amide bonds. The van der Waals surface area contributed by atoms with E-state index < -0.39 is 10.0 Å². The molecule has 1 rings (SSSR count). The number of hydrogen-bond donors (Lipinski definition) is 1. The predicted octanol–water partition coefficient (Wildman–Crippen LogP) is 2.73. The molecule has 0 saturated heterocycles. The van der Waals surface area contributed by atoms with Crippen molar-refractivity contribution >= 4 is 33.2 Å². The van der Waals surface area contributed by atoms with Crippen LogP contribution in [0.4, 0.5) is 5.69 Å². The number of ether oxygens (including phenoxy) is 1. The number of hydrogen-bond acceptors (Lipinski definition) is 4. The van der Waals surface area contributed by atoms with Gasteiger partial charge in [0.2, 0.25) is 15.9 Å². The number of halogens is 1. The number of carbonyl (C=O) groups is 1. The third kappa shape index (κ3) is 5.56. The summed E-state index contributed by atoms with van der Waals surface area (Å²) in [5, 5.41) is 3.31. The Kier molecular flexibility index (Phi) is 7.35. The summed E-state index contributed by atoms with van der Waals surface area (Å²) < 4.78 is 30.8. The van der Waals surface area contributed by atoms with E-state index in [4.69, 9.17) is 16.3 Å². The number of nitrogens with one attached hydrogen (secondary N) is 1. The molecule has 1 atom stereocenters. The van der Waals surface area contributed by atoms with E-state index in [2.05, 4.69) is 5.32 Å². The number of anilines is 1. The molecule has 136 valence electrons. The van der Waals surface area contributed by atoms with E-state index in [0.717, 1.165) is 18.2 Å².